The summed E-state index contributed by atoms with van der Waals surface area (Å²) in [4.78, 5) is 24.5. The van der Waals surface area contributed by atoms with Crippen LogP contribution in [0.2, 0.25) is 0 Å². The second-order valence-corrected chi connectivity index (χ2v) is 8.46. The van der Waals surface area contributed by atoms with Crippen molar-refractivity contribution in [3.05, 3.63) is 69.6 Å². The molecule has 0 saturated heterocycles. The predicted molar refractivity (Wildman–Crippen MR) is 125 cm³/mol. The van der Waals surface area contributed by atoms with Gasteiger partial charge < -0.3 is 14.5 Å². The van der Waals surface area contributed by atoms with E-state index in [4.69, 9.17) is 9.15 Å². The fourth-order valence-electron chi connectivity index (χ4n) is 3.80. The van der Waals surface area contributed by atoms with E-state index in [0.717, 1.165) is 40.6 Å². The first kappa shape index (κ1) is 22.6. The minimum absolute atomic E-state index is 0.131. The van der Waals surface area contributed by atoms with Crippen LogP contribution in [0.3, 0.4) is 0 Å². The van der Waals surface area contributed by atoms with Gasteiger partial charge in [-0.3, -0.25) is 4.79 Å². The molecule has 5 nitrogen and oxygen atoms in total. The summed E-state index contributed by atoms with van der Waals surface area (Å²) in [7, 11) is 0. The van der Waals surface area contributed by atoms with E-state index < -0.39 is 0 Å². The normalized spacial score (nSPS) is 11.3. The van der Waals surface area contributed by atoms with Crippen molar-refractivity contribution in [2.45, 2.75) is 59.3 Å². The molecule has 0 radical (unpaired) electrons. The average molecular weight is 422 g/mol. The van der Waals surface area contributed by atoms with Crippen molar-refractivity contribution in [1.29, 1.82) is 0 Å². The summed E-state index contributed by atoms with van der Waals surface area (Å²) in [5.41, 5.74) is 4.14. The van der Waals surface area contributed by atoms with Gasteiger partial charge in [-0.25, -0.2) is 4.79 Å². The minimum Gasteiger partial charge on any atom is -0.484 e. The number of anilines is 1. The van der Waals surface area contributed by atoms with Crippen LogP contribution in [-0.4, -0.2) is 12.5 Å². The molecule has 0 atom stereocenters. The van der Waals surface area contributed by atoms with E-state index in [1.165, 1.54) is 6.07 Å². The molecule has 1 heterocycles. The second-order valence-electron chi connectivity index (χ2n) is 8.46. The Morgan fingerprint density at radius 1 is 1.03 bits per heavy atom. The van der Waals surface area contributed by atoms with Crippen LogP contribution in [-0.2, 0) is 11.2 Å². The summed E-state index contributed by atoms with van der Waals surface area (Å²) in [5.74, 6) is 0.836. The molecule has 1 aromatic heterocycles. The van der Waals surface area contributed by atoms with Crippen LogP contribution in [0.15, 0.2) is 51.7 Å². The fraction of sp³-hybridized carbons (Fsp3) is 0.385. The minimum atomic E-state index is -0.377. The van der Waals surface area contributed by atoms with Crippen LogP contribution >= 0.6 is 0 Å². The first-order chi connectivity index (χ1) is 14.8. The summed E-state index contributed by atoms with van der Waals surface area (Å²) in [6.45, 7) is 10.4. The maximum Gasteiger partial charge on any atom is 0.336 e. The number of nitrogens with one attached hydrogen (secondary N) is 1. The maximum atomic E-state index is 12.7. The van der Waals surface area contributed by atoms with Crippen molar-refractivity contribution >= 4 is 22.6 Å². The molecule has 31 heavy (non-hydrogen) atoms. The second kappa shape index (κ2) is 9.82. The summed E-state index contributed by atoms with van der Waals surface area (Å²) in [6.07, 6.45) is 1.74. The van der Waals surface area contributed by atoms with E-state index in [1.807, 2.05) is 24.3 Å². The van der Waals surface area contributed by atoms with E-state index in [1.54, 1.807) is 12.1 Å². The van der Waals surface area contributed by atoms with Gasteiger partial charge in [-0.05, 0) is 47.1 Å². The Balaban J connectivity index is 1.77. The lowest BCUT2D eigenvalue weighted by Crippen LogP contribution is -2.22. The summed E-state index contributed by atoms with van der Waals surface area (Å²) in [5, 5.41) is 3.94. The molecular formula is C26H31NO4. The number of ether oxygens (including phenoxy) is 1. The largest absolute Gasteiger partial charge is 0.484 e. The van der Waals surface area contributed by atoms with E-state index in [9.17, 15) is 9.59 Å². The molecule has 5 heteroatoms. The molecule has 0 aliphatic rings. The van der Waals surface area contributed by atoms with Gasteiger partial charge in [-0.1, -0.05) is 59.2 Å². The van der Waals surface area contributed by atoms with Gasteiger partial charge in [0, 0.05) is 23.2 Å². The highest BCUT2D eigenvalue weighted by atomic mass is 16.5. The van der Waals surface area contributed by atoms with Crippen LogP contribution in [0, 0.1) is 0 Å². The molecule has 0 saturated carbocycles. The third-order valence-electron chi connectivity index (χ3n) is 5.33. The first-order valence-electron chi connectivity index (χ1n) is 10.9. The van der Waals surface area contributed by atoms with Crippen molar-refractivity contribution < 1.29 is 13.9 Å². The third-order valence-corrected chi connectivity index (χ3v) is 5.33. The standard InChI is InChI=1S/C26H31NO4/c1-6-8-18-13-25(29)31-23-14-19(11-12-22(18)23)30-15-24(28)27-26-20(16(2)3)9-7-10-21(26)17(4)5/h7,9-14,16-17H,6,8,15H2,1-5H3,(H,27,28). The molecule has 0 fully saturated rings. The highest BCUT2D eigenvalue weighted by Crippen LogP contribution is 2.32. The average Bonchev–Trinajstić information content (AvgIpc) is 2.71. The van der Waals surface area contributed by atoms with E-state index in [0.29, 0.717) is 11.3 Å². The number of hydrogen-bond donors (Lipinski definition) is 1. The van der Waals surface area contributed by atoms with Gasteiger partial charge in [0.15, 0.2) is 6.61 Å². The molecule has 2 aromatic carbocycles. The number of hydrogen-bond acceptors (Lipinski definition) is 4. The Hall–Kier alpha value is -3.08. The lowest BCUT2D eigenvalue weighted by molar-refractivity contribution is -0.118. The van der Waals surface area contributed by atoms with Crippen LogP contribution in [0.4, 0.5) is 5.69 Å². The topological polar surface area (TPSA) is 68.5 Å². The molecule has 3 rings (SSSR count). The smallest absolute Gasteiger partial charge is 0.336 e. The van der Waals surface area contributed by atoms with Crippen LogP contribution in [0.1, 0.15) is 69.6 Å². The summed E-state index contributed by atoms with van der Waals surface area (Å²) >= 11 is 0. The van der Waals surface area contributed by atoms with Crippen LogP contribution in [0.25, 0.3) is 11.0 Å². The van der Waals surface area contributed by atoms with Gasteiger partial charge in [0.05, 0.1) is 0 Å². The molecule has 0 aliphatic carbocycles. The van der Waals surface area contributed by atoms with Crippen molar-refractivity contribution in [3.8, 4) is 5.75 Å². The van der Waals surface area contributed by atoms with Gasteiger partial charge in [0.1, 0.15) is 11.3 Å². The van der Waals surface area contributed by atoms with Crippen LogP contribution in [0.5, 0.6) is 5.75 Å². The zero-order valence-corrected chi connectivity index (χ0v) is 19.0. The van der Waals surface area contributed by atoms with Crippen molar-refractivity contribution in [1.82, 2.24) is 0 Å². The molecule has 1 amide bonds. The number of carbonyl (C=O) groups is 1. The predicted octanol–water partition coefficient (Wildman–Crippen LogP) is 6.01. The van der Waals surface area contributed by atoms with Crippen molar-refractivity contribution in [2.75, 3.05) is 11.9 Å². The Bertz CT molecular complexity index is 1100. The zero-order valence-electron chi connectivity index (χ0n) is 19.0. The number of amides is 1. The molecule has 164 valence electrons. The monoisotopic (exact) mass is 421 g/mol. The highest BCUT2D eigenvalue weighted by molar-refractivity contribution is 5.94. The summed E-state index contributed by atoms with van der Waals surface area (Å²) < 4.78 is 11.1. The zero-order chi connectivity index (χ0) is 22.5. The summed E-state index contributed by atoms with van der Waals surface area (Å²) in [6, 6.07) is 13.0. The molecule has 0 aliphatic heterocycles. The van der Waals surface area contributed by atoms with Gasteiger partial charge >= 0.3 is 5.63 Å². The van der Waals surface area contributed by atoms with Gasteiger partial charge in [-0.2, -0.15) is 0 Å². The van der Waals surface area contributed by atoms with E-state index >= 15 is 0 Å². The van der Waals surface area contributed by atoms with E-state index in [2.05, 4.69) is 39.9 Å². The Labute approximate surface area is 183 Å². The number of benzene rings is 2. The molecule has 0 unspecified atom stereocenters. The van der Waals surface area contributed by atoms with Gasteiger partial charge in [0.25, 0.3) is 5.91 Å². The van der Waals surface area contributed by atoms with Crippen molar-refractivity contribution in [2.24, 2.45) is 0 Å². The molecule has 0 spiro atoms. The van der Waals surface area contributed by atoms with Crippen molar-refractivity contribution in [3.63, 3.8) is 0 Å². The lowest BCUT2D eigenvalue weighted by atomic mass is 9.92. The van der Waals surface area contributed by atoms with Gasteiger partial charge in [-0.15, -0.1) is 0 Å². The molecule has 0 bridgehead atoms. The Morgan fingerprint density at radius 2 is 1.71 bits per heavy atom. The van der Waals surface area contributed by atoms with Gasteiger partial charge in [0.2, 0.25) is 0 Å². The number of carbonyl (C=O) groups excluding carboxylic acids is 1. The van der Waals surface area contributed by atoms with Crippen LogP contribution < -0.4 is 15.7 Å². The molecule has 1 N–H and O–H groups in total. The highest BCUT2D eigenvalue weighted by Gasteiger charge is 2.16. The number of aryl methyl sites for hydroxylation is 1. The van der Waals surface area contributed by atoms with E-state index in [-0.39, 0.29) is 30.0 Å². The number of fused-ring (bicyclic) bond motifs is 1. The molecule has 3 aromatic rings. The third kappa shape index (κ3) is 5.35. The maximum absolute atomic E-state index is 12.7. The fourth-order valence-corrected chi connectivity index (χ4v) is 3.80. The Morgan fingerprint density at radius 3 is 2.32 bits per heavy atom. The number of para-hydroxylation sites is 1. The first-order valence-corrected chi connectivity index (χ1v) is 10.9. The Kier molecular flexibility index (Phi) is 7.16. The SMILES string of the molecule is CCCc1cc(=O)oc2cc(OCC(=O)Nc3c(C(C)C)cccc3C(C)C)ccc12. The molecular weight excluding hydrogens is 390 g/mol. The lowest BCUT2D eigenvalue weighted by Gasteiger charge is -2.20. The number of rotatable bonds is 8. The quantitative estimate of drug-likeness (QED) is 0.452.